The van der Waals surface area contributed by atoms with Crippen LogP contribution in [0.4, 0.5) is 0 Å². The van der Waals surface area contributed by atoms with E-state index in [-0.39, 0.29) is 6.04 Å². The number of rotatable bonds is 4. The summed E-state index contributed by atoms with van der Waals surface area (Å²) in [5.74, 6) is 0. The van der Waals surface area contributed by atoms with Crippen LogP contribution in [0.25, 0.3) is 0 Å². The predicted molar refractivity (Wildman–Crippen MR) is 62.4 cm³/mol. The highest BCUT2D eigenvalue weighted by Crippen LogP contribution is 2.13. The standard InChI is InChI=1S/C13H18N2/c1-10-5-4-6-11(2)13(10)9-15-12(3)7-8-14/h4-6,12,15H,7,9H2,1-3H3. The van der Waals surface area contributed by atoms with Crippen molar-refractivity contribution >= 4 is 0 Å². The second kappa shape index (κ2) is 5.53. The maximum atomic E-state index is 8.55. The lowest BCUT2D eigenvalue weighted by Crippen LogP contribution is -2.25. The quantitative estimate of drug-likeness (QED) is 0.814. The lowest BCUT2D eigenvalue weighted by atomic mass is 10.0. The molecule has 2 heteroatoms. The molecule has 1 rings (SSSR count). The zero-order valence-electron chi connectivity index (χ0n) is 9.67. The van der Waals surface area contributed by atoms with Gasteiger partial charge < -0.3 is 5.32 Å². The van der Waals surface area contributed by atoms with Gasteiger partial charge in [-0.25, -0.2) is 0 Å². The Morgan fingerprint density at radius 1 is 1.33 bits per heavy atom. The van der Waals surface area contributed by atoms with Crippen LogP contribution in [0.3, 0.4) is 0 Å². The van der Waals surface area contributed by atoms with E-state index in [1.807, 2.05) is 6.92 Å². The third-order valence-corrected chi connectivity index (χ3v) is 2.67. The van der Waals surface area contributed by atoms with Gasteiger partial charge in [-0.3, -0.25) is 0 Å². The highest BCUT2D eigenvalue weighted by atomic mass is 14.9. The van der Waals surface area contributed by atoms with Crippen molar-refractivity contribution in [1.82, 2.24) is 5.32 Å². The Kier molecular flexibility index (Phi) is 4.33. The molecule has 0 fully saturated rings. The second-order valence-corrected chi connectivity index (χ2v) is 4.01. The summed E-state index contributed by atoms with van der Waals surface area (Å²) in [5.41, 5.74) is 3.97. The largest absolute Gasteiger partial charge is 0.309 e. The molecule has 0 saturated carbocycles. The van der Waals surface area contributed by atoms with E-state index < -0.39 is 0 Å². The molecule has 0 aromatic heterocycles. The van der Waals surface area contributed by atoms with Gasteiger partial charge >= 0.3 is 0 Å². The van der Waals surface area contributed by atoms with Crippen molar-refractivity contribution in [2.75, 3.05) is 0 Å². The molecule has 0 aliphatic carbocycles. The Bertz CT molecular complexity index is 343. The molecule has 2 nitrogen and oxygen atoms in total. The van der Waals surface area contributed by atoms with Gasteiger partial charge in [0, 0.05) is 12.6 Å². The van der Waals surface area contributed by atoms with E-state index in [1.54, 1.807) is 0 Å². The van der Waals surface area contributed by atoms with Crippen LogP contribution in [0.15, 0.2) is 18.2 Å². The lowest BCUT2D eigenvalue weighted by molar-refractivity contribution is 0.555. The molecular weight excluding hydrogens is 184 g/mol. The SMILES string of the molecule is Cc1cccc(C)c1CNC(C)CC#N. The number of hydrogen-bond acceptors (Lipinski definition) is 2. The van der Waals surface area contributed by atoms with Gasteiger partial charge in [0.05, 0.1) is 12.5 Å². The van der Waals surface area contributed by atoms with Crippen LogP contribution in [0.2, 0.25) is 0 Å². The van der Waals surface area contributed by atoms with E-state index in [4.69, 9.17) is 5.26 Å². The van der Waals surface area contributed by atoms with Gasteiger partial charge in [0.25, 0.3) is 0 Å². The summed E-state index contributed by atoms with van der Waals surface area (Å²) in [6, 6.07) is 8.75. The molecule has 1 unspecified atom stereocenters. The average molecular weight is 202 g/mol. The first-order valence-corrected chi connectivity index (χ1v) is 5.30. The van der Waals surface area contributed by atoms with Gasteiger partial charge in [-0.05, 0) is 37.5 Å². The van der Waals surface area contributed by atoms with E-state index in [9.17, 15) is 0 Å². The highest BCUT2D eigenvalue weighted by molar-refractivity contribution is 5.33. The molecule has 0 aliphatic rings. The average Bonchev–Trinajstić information content (AvgIpc) is 2.17. The Hall–Kier alpha value is -1.33. The molecule has 1 N–H and O–H groups in total. The smallest absolute Gasteiger partial charge is 0.0638 e. The molecule has 80 valence electrons. The van der Waals surface area contributed by atoms with Crippen LogP contribution in [0.5, 0.6) is 0 Å². The molecule has 0 amide bonds. The van der Waals surface area contributed by atoms with Crippen LogP contribution in [0.1, 0.15) is 30.0 Å². The van der Waals surface area contributed by atoms with Gasteiger partial charge in [-0.2, -0.15) is 5.26 Å². The zero-order chi connectivity index (χ0) is 11.3. The van der Waals surface area contributed by atoms with Crippen molar-refractivity contribution in [3.63, 3.8) is 0 Å². The van der Waals surface area contributed by atoms with Gasteiger partial charge in [0.1, 0.15) is 0 Å². The maximum absolute atomic E-state index is 8.55. The van der Waals surface area contributed by atoms with Crippen LogP contribution >= 0.6 is 0 Å². The molecule has 15 heavy (non-hydrogen) atoms. The minimum absolute atomic E-state index is 0.258. The molecule has 1 aromatic carbocycles. The summed E-state index contributed by atoms with van der Waals surface area (Å²) in [7, 11) is 0. The van der Waals surface area contributed by atoms with E-state index in [1.165, 1.54) is 16.7 Å². The van der Waals surface area contributed by atoms with Crippen molar-refractivity contribution in [2.45, 2.75) is 39.8 Å². The molecular formula is C13H18N2. The monoisotopic (exact) mass is 202 g/mol. The highest BCUT2D eigenvalue weighted by Gasteiger charge is 2.04. The van der Waals surface area contributed by atoms with E-state index in [0.29, 0.717) is 6.42 Å². The first-order chi connectivity index (χ1) is 7.15. The summed E-state index contributed by atoms with van der Waals surface area (Å²) in [6.07, 6.45) is 0.560. The molecule has 0 aliphatic heterocycles. The lowest BCUT2D eigenvalue weighted by Gasteiger charge is -2.14. The number of hydrogen-bond donors (Lipinski definition) is 1. The van der Waals surface area contributed by atoms with Crippen molar-refractivity contribution in [3.05, 3.63) is 34.9 Å². The van der Waals surface area contributed by atoms with Crippen LogP contribution < -0.4 is 5.32 Å². The molecule has 0 saturated heterocycles. The van der Waals surface area contributed by atoms with Crippen molar-refractivity contribution in [2.24, 2.45) is 0 Å². The van der Waals surface area contributed by atoms with E-state index in [0.717, 1.165) is 6.54 Å². The Balaban J connectivity index is 2.62. The Morgan fingerprint density at radius 3 is 2.47 bits per heavy atom. The number of nitrogens with one attached hydrogen (secondary N) is 1. The van der Waals surface area contributed by atoms with Crippen molar-refractivity contribution < 1.29 is 0 Å². The fourth-order valence-corrected chi connectivity index (χ4v) is 1.61. The summed E-state index contributed by atoms with van der Waals surface area (Å²) in [6.45, 7) is 7.14. The number of nitrogens with zero attached hydrogens (tertiary/aromatic N) is 1. The first kappa shape index (κ1) is 11.7. The molecule has 1 aromatic rings. The number of benzene rings is 1. The van der Waals surface area contributed by atoms with Gasteiger partial charge in [-0.1, -0.05) is 18.2 Å². The van der Waals surface area contributed by atoms with Crippen LogP contribution in [0, 0.1) is 25.2 Å². The summed E-state index contributed by atoms with van der Waals surface area (Å²) in [5, 5.41) is 11.9. The summed E-state index contributed by atoms with van der Waals surface area (Å²) >= 11 is 0. The predicted octanol–water partition coefficient (Wildman–Crippen LogP) is 2.70. The zero-order valence-corrected chi connectivity index (χ0v) is 9.67. The minimum Gasteiger partial charge on any atom is -0.309 e. The summed E-state index contributed by atoms with van der Waals surface area (Å²) in [4.78, 5) is 0. The molecule has 0 bridgehead atoms. The van der Waals surface area contributed by atoms with Crippen molar-refractivity contribution in [1.29, 1.82) is 5.26 Å². The molecule has 1 atom stereocenters. The van der Waals surface area contributed by atoms with Gasteiger partial charge in [-0.15, -0.1) is 0 Å². The second-order valence-electron chi connectivity index (χ2n) is 4.01. The third kappa shape index (κ3) is 3.38. The maximum Gasteiger partial charge on any atom is 0.0638 e. The van der Waals surface area contributed by atoms with Crippen LogP contribution in [-0.4, -0.2) is 6.04 Å². The minimum atomic E-state index is 0.258. The van der Waals surface area contributed by atoms with Crippen LogP contribution in [-0.2, 0) is 6.54 Å². The van der Waals surface area contributed by atoms with Crippen molar-refractivity contribution in [3.8, 4) is 6.07 Å². The Morgan fingerprint density at radius 2 is 1.93 bits per heavy atom. The molecule has 0 spiro atoms. The van der Waals surface area contributed by atoms with Gasteiger partial charge in [0.15, 0.2) is 0 Å². The summed E-state index contributed by atoms with van der Waals surface area (Å²) < 4.78 is 0. The first-order valence-electron chi connectivity index (χ1n) is 5.30. The number of nitriles is 1. The van der Waals surface area contributed by atoms with E-state index in [2.05, 4.69) is 43.4 Å². The number of aryl methyl sites for hydroxylation is 2. The molecule has 0 heterocycles. The molecule has 0 radical (unpaired) electrons. The van der Waals surface area contributed by atoms with E-state index >= 15 is 0 Å². The normalized spacial score (nSPS) is 12.1. The van der Waals surface area contributed by atoms with Gasteiger partial charge in [0.2, 0.25) is 0 Å². The topological polar surface area (TPSA) is 35.8 Å². The fourth-order valence-electron chi connectivity index (χ4n) is 1.61. The fraction of sp³-hybridized carbons (Fsp3) is 0.462. The Labute approximate surface area is 91.9 Å². The third-order valence-electron chi connectivity index (χ3n) is 2.67.